The second-order valence-electron chi connectivity index (χ2n) is 4.05. The Morgan fingerprint density at radius 3 is 2.53 bits per heavy atom. The first-order valence-corrected chi connectivity index (χ1v) is 6.78. The third-order valence-corrected chi connectivity index (χ3v) is 3.48. The quantitative estimate of drug-likeness (QED) is 0.857. The number of likely N-dealkylation sites (N-methyl/N-ethyl adjacent to an activating group) is 1. The number of rotatable bonds is 6. The van der Waals surface area contributed by atoms with Crippen LogP contribution in [0.1, 0.15) is 31.9 Å². The van der Waals surface area contributed by atoms with Crippen molar-refractivity contribution < 1.29 is 0 Å². The van der Waals surface area contributed by atoms with Gasteiger partial charge in [-0.1, -0.05) is 37.0 Å². The molecule has 0 aliphatic carbocycles. The fourth-order valence-corrected chi connectivity index (χ4v) is 2.49. The van der Waals surface area contributed by atoms with Crippen molar-refractivity contribution in [3.8, 4) is 0 Å². The molecule has 4 heteroatoms. The van der Waals surface area contributed by atoms with Crippen molar-refractivity contribution in [1.82, 2.24) is 4.90 Å². The maximum atomic E-state index is 6.23. The van der Waals surface area contributed by atoms with E-state index in [1.165, 1.54) is 0 Å². The first-order valence-electron chi connectivity index (χ1n) is 6.03. The van der Waals surface area contributed by atoms with Crippen molar-refractivity contribution in [2.45, 2.75) is 26.3 Å². The molecule has 0 amide bonds. The van der Waals surface area contributed by atoms with E-state index in [1.54, 1.807) is 6.07 Å². The van der Waals surface area contributed by atoms with Crippen LogP contribution in [0.25, 0.3) is 0 Å². The molecular formula is C13H20Cl2N2. The van der Waals surface area contributed by atoms with Crippen LogP contribution < -0.4 is 5.73 Å². The zero-order chi connectivity index (χ0) is 12.8. The molecule has 1 aromatic carbocycles. The van der Waals surface area contributed by atoms with Crippen LogP contribution in [-0.2, 0) is 0 Å². The topological polar surface area (TPSA) is 29.3 Å². The molecule has 0 spiro atoms. The summed E-state index contributed by atoms with van der Waals surface area (Å²) in [4.78, 5) is 2.33. The number of benzene rings is 1. The number of halogens is 2. The van der Waals surface area contributed by atoms with Crippen molar-refractivity contribution in [2.75, 3.05) is 19.6 Å². The molecule has 1 unspecified atom stereocenters. The minimum atomic E-state index is 0.145. The highest BCUT2D eigenvalue weighted by Gasteiger charge is 2.19. The van der Waals surface area contributed by atoms with Gasteiger partial charge in [0.25, 0.3) is 0 Å². The van der Waals surface area contributed by atoms with Gasteiger partial charge in [0.1, 0.15) is 0 Å². The average Bonchev–Trinajstić information content (AvgIpc) is 2.33. The Labute approximate surface area is 114 Å². The Bertz CT molecular complexity index is 355. The van der Waals surface area contributed by atoms with E-state index in [1.807, 2.05) is 12.1 Å². The van der Waals surface area contributed by atoms with Crippen molar-refractivity contribution in [3.05, 3.63) is 33.8 Å². The second kappa shape index (κ2) is 7.22. The van der Waals surface area contributed by atoms with Gasteiger partial charge in [-0.15, -0.1) is 0 Å². The summed E-state index contributed by atoms with van der Waals surface area (Å²) < 4.78 is 0. The molecule has 2 N–H and O–H groups in total. The van der Waals surface area contributed by atoms with E-state index < -0.39 is 0 Å². The maximum absolute atomic E-state index is 6.23. The van der Waals surface area contributed by atoms with Gasteiger partial charge >= 0.3 is 0 Å². The molecule has 0 fully saturated rings. The summed E-state index contributed by atoms with van der Waals surface area (Å²) in [5.74, 6) is 0. The molecule has 0 bridgehead atoms. The molecule has 1 aromatic rings. The van der Waals surface area contributed by atoms with E-state index in [-0.39, 0.29) is 6.04 Å². The van der Waals surface area contributed by atoms with Gasteiger partial charge in [-0.3, -0.25) is 4.90 Å². The minimum Gasteiger partial charge on any atom is -0.329 e. The Morgan fingerprint density at radius 2 is 2.00 bits per heavy atom. The van der Waals surface area contributed by atoms with Crippen LogP contribution in [-0.4, -0.2) is 24.5 Å². The number of hydrogen-bond donors (Lipinski definition) is 1. The summed E-state index contributed by atoms with van der Waals surface area (Å²) in [5.41, 5.74) is 6.91. The third-order valence-electron chi connectivity index (χ3n) is 2.90. The standard InChI is InChI=1S/C13H20Cl2N2/c1-3-7-17(4-2)13(9-16)11-8-10(14)5-6-12(11)15/h5-6,8,13H,3-4,7,9,16H2,1-2H3. The van der Waals surface area contributed by atoms with Crippen LogP contribution in [0.4, 0.5) is 0 Å². The molecule has 0 aromatic heterocycles. The summed E-state index contributed by atoms with van der Waals surface area (Å²) in [6.45, 7) is 6.82. The molecular weight excluding hydrogens is 255 g/mol. The normalized spacial score (nSPS) is 13.1. The largest absolute Gasteiger partial charge is 0.329 e. The second-order valence-corrected chi connectivity index (χ2v) is 4.89. The van der Waals surface area contributed by atoms with Crippen LogP contribution in [0.2, 0.25) is 10.0 Å². The number of hydrogen-bond acceptors (Lipinski definition) is 2. The van der Waals surface area contributed by atoms with E-state index in [0.717, 1.165) is 30.1 Å². The van der Waals surface area contributed by atoms with Gasteiger partial charge in [0, 0.05) is 22.6 Å². The molecule has 0 radical (unpaired) electrons. The molecule has 0 saturated heterocycles. The Balaban J connectivity index is 3.02. The Hall–Kier alpha value is -0.280. The average molecular weight is 275 g/mol. The van der Waals surface area contributed by atoms with Crippen molar-refractivity contribution >= 4 is 23.2 Å². The summed E-state index contributed by atoms with van der Waals surface area (Å²) in [5, 5.41) is 1.44. The van der Waals surface area contributed by atoms with Gasteiger partial charge in [-0.05, 0) is 43.3 Å². The fraction of sp³-hybridized carbons (Fsp3) is 0.538. The summed E-state index contributed by atoms with van der Waals surface area (Å²) in [6, 6.07) is 5.70. The Morgan fingerprint density at radius 1 is 1.29 bits per heavy atom. The van der Waals surface area contributed by atoms with Gasteiger partial charge < -0.3 is 5.73 Å². The smallest absolute Gasteiger partial charge is 0.0485 e. The zero-order valence-corrected chi connectivity index (χ0v) is 11.9. The summed E-state index contributed by atoms with van der Waals surface area (Å²) in [6.07, 6.45) is 1.10. The third kappa shape index (κ3) is 3.85. The summed E-state index contributed by atoms with van der Waals surface area (Å²) >= 11 is 12.3. The van der Waals surface area contributed by atoms with Gasteiger partial charge in [0.05, 0.1) is 0 Å². The molecule has 17 heavy (non-hydrogen) atoms. The molecule has 96 valence electrons. The predicted octanol–water partition coefficient (Wildman–Crippen LogP) is 3.73. The lowest BCUT2D eigenvalue weighted by Crippen LogP contribution is -2.34. The van der Waals surface area contributed by atoms with E-state index >= 15 is 0 Å². The highest BCUT2D eigenvalue weighted by Crippen LogP contribution is 2.29. The van der Waals surface area contributed by atoms with Gasteiger partial charge in [0.15, 0.2) is 0 Å². The monoisotopic (exact) mass is 274 g/mol. The van der Waals surface area contributed by atoms with E-state index in [0.29, 0.717) is 11.6 Å². The number of nitrogens with zero attached hydrogens (tertiary/aromatic N) is 1. The lowest BCUT2D eigenvalue weighted by molar-refractivity contribution is 0.213. The van der Waals surface area contributed by atoms with Gasteiger partial charge in [-0.2, -0.15) is 0 Å². The van der Waals surface area contributed by atoms with Crippen molar-refractivity contribution in [2.24, 2.45) is 5.73 Å². The summed E-state index contributed by atoms with van der Waals surface area (Å²) in [7, 11) is 0. The van der Waals surface area contributed by atoms with Crippen molar-refractivity contribution in [3.63, 3.8) is 0 Å². The Kier molecular flexibility index (Phi) is 6.28. The molecule has 0 heterocycles. The fourth-order valence-electron chi connectivity index (χ4n) is 2.06. The highest BCUT2D eigenvalue weighted by atomic mass is 35.5. The van der Waals surface area contributed by atoms with E-state index in [4.69, 9.17) is 28.9 Å². The van der Waals surface area contributed by atoms with Gasteiger partial charge in [-0.25, -0.2) is 0 Å². The molecule has 0 saturated carbocycles. The molecule has 0 aliphatic heterocycles. The number of nitrogens with two attached hydrogens (primary N) is 1. The lowest BCUT2D eigenvalue weighted by atomic mass is 10.0. The van der Waals surface area contributed by atoms with E-state index in [9.17, 15) is 0 Å². The molecule has 1 atom stereocenters. The van der Waals surface area contributed by atoms with Crippen LogP contribution in [0.3, 0.4) is 0 Å². The first-order chi connectivity index (χ1) is 8.13. The van der Waals surface area contributed by atoms with Crippen LogP contribution in [0, 0.1) is 0 Å². The SMILES string of the molecule is CCCN(CC)C(CN)c1cc(Cl)ccc1Cl. The van der Waals surface area contributed by atoms with Gasteiger partial charge in [0.2, 0.25) is 0 Å². The minimum absolute atomic E-state index is 0.145. The van der Waals surface area contributed by atoms with E-state index in [2.05, 4.69) is 18.7 Å². The van der Waals surface area contributed by atoms with Crippen LogP contribution in [0.5, 0.6) is 0 Å². The maximum Gasteiger partial charge on any atom is 0.0485 e. The molecule has 2 nitrogen and oxygen atoms in total. The molecule has 0 aliphatic rings. The van der Waals surface area contributed by atoms with Crippen LogP contribution >= 0.6 is 23.2 Å². The van der Waals surface area contributed by atoms with Crippen LogP contribution in [0.15, 0.2) is 18.2 Å². The zero-order valence-electron chi connectivity index (χ0n) is 10.4. The first kappa shape index (κ1) is 14.8. The highest BCUT2D eigenvalue weighted by molar-refractivity contribution is 6.33. The van der Waals surface area contributed by atoms with Crippen molar-refractivity contribution in [1.29, 1.82) is 0 Å². The lowest BCUT2D eigenvalue weighted by Gasteiger charge is -2.30. The predicted molar refractivity (Wildman–Crippen MR) is 75.8 cm³/mol. The molecule has 1 rings (SSSR count).